The van der Waals surface area contributed by atoms with Gasteiger partial charge in [-0.2, -0.15) is 0 Å². The lowest BCUT2D eigenvalue weighted by Gasteiger charge is -2.25. The number of halogens is 1. The van der Waals surface area contributed by atoms with Crippen molar-refractivity contribution in [1.82, 2.24) is 5.32 Å². The van der Waals surface area contributed by atoms with Crippen LogP contribution in [-0.4, -0.2) is 6.54 Å². The van der Waals surface area contributed by atoms with Crippen LogP contribution in [0, 0.1) is 0 Å². The molecule has 3 heteroatoms. The van der Waals surface area contributed by atoms with E-state index in [-0.39, 0.29) is 0 Å². The minimum Gasteiger partial charge on any atom is -0.311 e. The summed E-state index contributed by atoms with van der Waals surface area (Å²) in [5.74, 6) is 0.667. The van der Waals surface area contributed by atoms with Crippen LogP contribution in [0.3, 0.4) is 0 Å². The van der Waals surface area contributed by atoms with Gasteiger partial charge >= 0.3 is 0 Å². The lowest BCUT2D eigenvalue weighted by Crippen LogP contribution is -2.23. The summed E-state index contributed by atoms with van der Waals surface area (Å²) in [6.45, 7) is 1.99. The zero-order valence-electron chi connectivity index (χ0n) is 10.9. The quantitative estimate of drug-likeness (QED) is 0.867. The Morgan fingerprint density at radius 1 is 1.21 bits per heavy atom. The van der Waals surface area contributed by atoms with E-state index < -0.39 is 0 Å². The molecule has 100 valence electrons. The minimum absolute atomic E-state index is 0.667. The highest BCUT2D eigenvalue weighted by Gasteiger charge is 2.19. The lowest BCUT2D eigenvalue weighted by molar-refractivity contribution is 0.508. The highest BCUT2D eigenvalue weighted by atomic mass is 35.5. The number of rotatable bonds is 4. The zero-order valence-corrected chi connectivity index (χ0v) is 12.4. The van der Waals surface area contributed by atoms with Crippen molar-refractivity contribution in [2.75, 3.05) is 6.54 Å². The zero-order chi connectivity index (χ0) is 13.1. The molecule has 1 aliphatic rings. The second kappa shape index (κ2) is 6.08. The number of benzene rings is 1. The van der Waals surface area contributed by atoms with Gasteiger partial charge in [0.25, 0.3) is 0 Å². The number of aryl methyl sites for hydroxylation is 1. The van der Waals surface area contributed by atoms with E-state index in [0.29, 0.717) is 5.92 Å². The van der Waals surface area contributed by atoms with Crippen LogP contribution in [0.25, 0.3) is 0 Å². The van der Waals surface area contributed by atoms with Gasteiger partial charge in [0.1, 0.15) is 0 Å². The molecule has 1 unspecified atom stereocenters. The van der Waals surface area contributed by atoms with Crippen LogP contribution in [0.1, 0.15) is 34.8 Å². The lowest BCUT2D eigenvalue weighted by atomic mass is 9.83. The smallest absolute Gasteiger partial charge is 0.0931 e. The van der Waals surface area contributed by atoms with Gasteiger partial charge in [0, 0.05) is 18.0 Å². The molecule has 19 heavy (non-hydrogen) atoms. The molecule has 2 aromatic rings. The normalized spacial score (nSPS) is 18.3. The van der Waals surface area contributed by atoms with Crippen LogP contribution >= 0.6 is 22.9 Å². The second-order valence-corrected chi connectivity index (χ2v) is 6.92. The first-order valence-electron chi connectivity index (χ1n) is 6.85. The first-order valence-corrected chi connectivity index (χ1v) is 8.05. The molecule has 0 bridgehead atoms. The van der Waals surface area contributed by atoms with Gasteiger partial charge in [-0.3, -0.25) is 0 Å². The van der Waals surface area contributed by atoms with E-state index in [9.17, 15) is 0 Å². The largest absolute Gasteiger partial charge is 0.311 e. The first-order chi connectivity index (χ1) is 9.33. The Hall–Kier alpha value is -0.830. The molecule has 1 aliphatic carbocycles. The third kappa shape index (κ3) is 3.19. The van der Waals surface area contributed by atoms with Crippen LogP contribution < -0.4 is 5.32 Å². The first kappa shape index (κ1) is 13.2. The van der Waals surface area contributed by atoms with E-state index in [2.05, 4.69) is 35.6 Å². The van der Waals surface area contributed by atoms with E-state index in [0.717, 1.165) is 17.4 Å². The van der Waals surface area contributed by atoms with E-state index in [1.165, 1.54) is 24.1 Å². The van der Waals surface area contributed by atoms with Crippen molar-refractivity contribution in [3.8, 4) is 0 Å². The van der Waals surface area contributed by atoms with Crippen molar-refractivity contribution < 1.29 is 0 Å². The average molecular weight is 292 g/mol. The van der Waals surface area contributed by atoms with Crippen LogP contribution in [0.15, 0.2) is 36.4 Å². The second-order valence-electron chi connectivity index (χ2n) is 5.12. The third-order valence-corrected chi connectivity index (χ3v) is 5.04. The molecule has 0 fully saturated rings. The Labute approximate surface area is 123 Å². The SMILES string of the molecule is Clc1ccc(CNCC2CCCc3ccccc32)s1. The molecule has 1 nitrogen and oxygen atoms in total. The Balaban J connectivity index is 1.59. The van der Waals surface area contributed by atoms with Gasteiger partial charge in [-0.1, -0.05) is 35.9 Å². The van der Waals surface area contributed by atoms with Gasteiger partial charge in [-0.15, -0.1) is 11.3 Å². The Bertz CT molecular complexity index is 549. The molecule has 0 saturated carbocycles. The molecule has 0 saturated heterocycles. The van der Waals surface area contributed by atoms with Crippen molar-refractivity contribution in [1.29, 1.82) is 0 Å². The van der Waals surface area contributed by atoms with E-state index >= 15 is 0 Å². The van der Waals surface area contributed by atoms with Gasteiger partial charge in [0.15, 0.2) is 0 Å². The highest BCUT2D eigenvalue weighted by molar-refractivity contribution is 7.16. The average Bonchev–Trinajstić information content (AvgIpc) is 2.85. The van der Waals surface area contributed by atoms with Crippen LogP contribution in [0.2, 0.25) is 4.34 Å². The Morgan fingerprint density at radius 2 is 2.11 bits per heavy atom. The van der Waals surface area contributed by atoms with Crippen LogP contribution in [0.4, 0.5) is 0 Å². The molecule has 1 aromatic heterocycles. The fourth-order valence-electron chi connectivity index (χ4n) is 2.88. The van der Waals surface area contributed by atoms with Gasteiger partial charge in [-0.05, 0) is 48.4 Å². The number of hydrogen-bond donors (Lipinski definition) is 1. The summed E-state index contributed by atoms with van der Waals surface area (Å²) in [6, 6.07) is 13.0. The van der Waals surface area contributed by atoms with Gasteiger partial charge in [0.2, 0.25) is 0 Å². The van der Waals surface area contributed by atoms with E-state index in [1.54, 1.807) is 22.5 Å². The number of thiophene rings is 1. The predicted molar refractivity (Wildman–Crippen MR) is 83.2 cm³/mol. The molecule has 0 spiro atoms. The summed E-state index contributed by atoms with van der Waals surface area (Å²) in [5, 5.41) is 3.58. The summed E-state index contributed by atoms with van der Waals surface area (Å²) in [7, 11) is 0. The number of nitrogens with one attached hydrogen (secondary N) is 1. The molecular formula is C16H18ClNS. The molecule has 1 atom stereocenters. The standard InChI is InChI=1S/C16H18ClNS/c17-16-9-8-14(19-16)11-18-10-13-6-3-5-12-4-1-2-7-15(12)13/h1-2,4,7-9,13,18H,3,5-6,10-11H2. The molecule has 0 amide bonds. The van der Waals surface area contributed by atoms with Crippen LogP contribution in [-0.2, 0) is 13.0 Å². The van der Waals surface area contributed by atoms with E-state index in [1.807, 2.05) is 6.07 Å². The fourth-order valence-corrected chi connectivity index (χ4v) is 3.94. The molecule has 0 aliphatic heterocycles. The third-order valence-electron chi connectivity index (χ3n) is 3.81. The highest BCUT2D eigenvalue weighted by Crippen LogP contribution is 2.31. The molecule has 1 N–H and O–H groups in total. The maximum Gasteiger partial charge on any atom is 0.0931 e. The van der Waals surface area contributed by atoms with Crippen molar-refractivity contribution in [3.05, 3.63) is 56.7 Å². The van der Waals surface area contributed by atoms with Gasteiger partial charge in [0.05, 0.1) is 4.34 Å². The number of hydrogen-bond acceptors (Lipinski definition) is 2. The summed E-state index contributed by atoms with van der Waals surface area (Å²) in [6.07, 6.45) is 3.86. The van der Waals surface area contributed by atoms with E-state index in [4.69, 9.17) is 11.6 Å². The van der Waals surface area contributed by atoms with Crippen molar-refractivity contribution >= 4 is 22.9 Å². The Morgan fingerprint density at radius 3 is 2.95 bits per heavy atom. The molecule has 0 radical (unpaired) electrons. The molecular weight excluding hydrogens is 274 g/mol. The maximum absolute atomic E-state index is 5.95. The molecule has 1 aromatic carbocycles. The summed E-state index contributed by atoms with van der Waals surface area (Å²) >= 11 is 7.61. The van der Waals surface area contributed by atoms with Crippen LogP contribution in [0.5, 0.6) is 0 Å². The van der Waals surface area contributed by atoms with Gasteiger partial charge < -0.3 is 5.32 Å². The summed E-state index contributed by atoms with van der Waals surface area (Å²) < 4.78 is 0.875. The summed E-state index contributed by atoms with van der Waals surface area (Å²) in [4.78, 5) is 1.31. The summed E-state index contributed by atoms with van der Waals surface area (Å²) in [5.41, 5.74) is 3.09. The van der Waals surface area contributed by atoms with Crippen molar-refractivity contribution in [3.63, 3.8) is 0 Å². The Kier molecular flexibility index (Phi) is 4.21. The molecule has 1 heterocycles. The van der Waals surface area contributed by atoms with Gasteiger partial charge in [-0.25, -0.2) is 0 Å². The number of fused-ring (bicyclic) bond motifs is 1. The topological polar surface area (TPSA) is 12.0 Å². The minimum atomic E-state index is 0.667. The fraction of sp³-hybridized carbons (Fsp3) is 0.375. The maximum atomic E-state index is 5.95. The van der Waals surface area contributed by atoms with Crippen molar-refractivity contribution in [2.45, 2.75) is 31.7 Å². The monoisotopic (exact) mass is 291 g/mol. The van der Waals surface area contributed by atoms with Crippen molar-refractivity contribution in [2.24, 2.45) is 0 Å². The predicted octanol–water partition coefficient (Wildman–Crippen LogP) is 4.61. The molecule has 3 rings (SSSR count).